The first-order valence-corrected chi connectivity index (χ1v) is 10.8. The van der Waals surface area contributed by atoms with Crippen molar-refractivity contribution in [2.45, 2.75) is 18.9 Å². The second-order valence-electron chi connectivity index (χ2n) is 8.03. The lowest BCUT2D eigenvalue weighted by molar-refractivity contribution is 0.0226. The Morgan fingerprint density at radius 2 is 1.38 bits per heavy atom. The van der Waals surface area contributed by atoms with Crippen LogP contribution in [0.3, 0.4) is 0 Å². The van der Waals surface area contributed by atoms with Crippen LogP contribution in [0.1, 0.15) is 39.5 Å². The third kappa shape index (κ3) is 2.53. The monoisotopic (exact) mass is 419 g/mol. The van der Waals surface area contributed by atoms with Gasteiger partial charge in [0, 0.05) is 28.1 Å². The first kappa shape index (κ1) is 18.7. The molecule has 32 heavy (non-hydrogen) atoms. The molecule has 6 rings (SSSR count). The van der Waals surface area contributed by atoms with Gasteiger partial charge >= 0.3 is 5.97 Å². The van der Waals surface area contributed by atoms with Crippen LogP contribution in [0.15, 0.2) is 91.0 Å². The highest BCUT2D eigenvalue weighted by atomic mass is 16.6. The molecule has 1 spiro atoms. The minimum Gasteiger partial charge on any atom is -0.456 e. The number of ether oxygens (including phenoxy) is 2. The molecule has 0 aromatic heterocycles. The van der Waals surface area contributed by atoms with E-state index in [4.69, 9.17) is 9.47 Å². The molecule has 2 aliphatic rings. The summed E-state index contributed by atoms with van der Waals surface area (Å²) >= 11 is 0. The molecule has 156 valence electrons. The molecule has 0 unspecified atom stereocenters. The fraction of sp³-hybridized carbons (Fsp3) is 0.107. The Bertz CT molecular complexity index is 1330. The Morgan fingerprint density at radius 1 is 0.750 bits per heavy atom. The van der Waals surface area contributed by atoms with Crippen LogP contribution < -0.4 is 10.1 Å². The van der Waals surface area contributed by atoms with Gasteiger partial charge in [-0.15, -0.1) is 0 Å². The van der Waals surface area contributed by atoms with Gasteiger partial charge in [0.2, 0.25) is 0 Å². The number of carbonyl (C=O) groups is 1. The molecule has 1 N–H and O–H groups in total. The summed E-state index contributed by atoms with van der Waals surface area (Å²) in [5.41, 5.74) is 5.02. The standard InChI is InChI=1S/C28H21NO3/c1-2-18-10-3-6-14-22(18)29-23-15-9-11-19-26(23)28(32-27(19)30)20-12-4-7-16-24(20)31-25-17-8-5-13-21(25)28/h3-17,29H,2H2,1H3. The van der Waals surface area contributed by atoms with Gasteiger partial charge in [0.1, 0.15) is 11.5 Å². The number of esters is 1. The topological polar surface area (TPSA) is 47.6 Å². The smallest absolute Gasteiger partial charge is 0.340 e. The Morgan fingerprint density at radius 3 is 2.09 bits per heavy atom. The normalized spacial score (nSPS) is 14.7. The van der Waals surface area contributed by atoms with Crippen molar-refractivity contribution in [2.24, 2.45) is 0 Å². The molecule has 0 atom stereocenters. The molecule has 2 heterocycles. The predicted octanol–water partition coefficient (Wildman–Crippen LogP) is 6.56. The third-order valence-corrected chi connectivity index (χ3v) is 6.30. The summed E-state index contributed by atoms with van der Waals surface area (Å²) in [4.78, 5) is 13.2. The average Bonchev–Trinajstić information content (AvgIpc) is 3.13. The predicted molar refractivity (Wildman–Crippen MR) is 124 cm³/mol. The summed E-state index contributed by atoms with van der Waals surface area (Å²) < 4.78 is 12.5. The van der Waals surface area contributed by atoms with Gasteiger partial charge in [0.25, 0.3) is 0 Å². The second kappa shape index (κ2) is 6.99. The first-order chi connectivity index (χ1) is 15.7. The van der Waals surface area contributed by atoms with E-state index in [9.17, 15) is 4.79 Å². The van der Waals surface area contributed by atoms with Crippen molar-refractivity contribution in [1.29, 1.82) is 0 Å². The van der Waals surface area contributed by atoms with E-state index in [1.54, 1.807) is 0 Å². The lowest BCUT2D eigenvalue weighted by Gasteiger charge is -2.37. The summed E-state index contributed by atoms with van der Waals surface area (Å²) in [7, 11) is 0. The molecule has 4 heteroatoms. The quantitative estimate of drug-likeness (QED) is 0.382. The van der Waals surface area contributed by atoms with Crippen LogP contribution in [0, 0.1) is 0 Å². The van der Waals surface area contributed by atoms with Crippen LogP contribution in [-0.4, -0.2) is 5.97 Å². The molecule has 0 fully saturated rings. The van der Waals surface area contributed by atoms with E-state index in [0.29, 0.717) is 17.1 Å². The number of nitrogens with one attached hydrogen (secondary N) is 1. The van der Waals surface area contributed by atoms with E-state index in [0.717, 1.165) is 34.5 Å². The molecule has 4 aromatic carbocycles. The molecule has 0 saturated carbocycles. The maximum atomic E-state index is 13.2. The van der Waals surface area contributed by atoms with E-state index < -0.39 is 5.60 Å². The van der Waals surface area contributed by atoms with Gasteiger partial charge in [-0.25, -0.2) is 4.79 Å². The first-order valence-electron chi connectivity index (χ1n) is 10.8. The molecular formula is C28H21NO3. The summed E-state index contributed by atoms with van der Waals surface area (Å²) in [6.07, 6.45) is 0.901. The van der Waals surface area contributed by atoms with Crippen LogP contribution in [0.4, 0.5) is 11.4 Å². The van der Waals surface area contributed by atoms with Gasteiger partial charge in [0.15, 0.2) is 5.60 Å². The minimum atomic E-state index is -1.08. The van der Waals surface area contributed by atoms with Crippen molar-refractivity contribution in [3.8, 4) is 11.5 Å². The Hall–Kier alpha value is -4.05. The summed E-state index contributed by atoms with van der Waals surface area (Å²) in [5.74, 6) is 1.05. The number of aryl methyl sites for hydroxylation is 1. The minimum absolute atomic E-state index is 0.334. The Balaban J connectivity index is 1.65. The van der Waals surface area contributed by atoms with Crippen molar-refractivity contribution in [1.82, 2.24) is 0 Å². The second-order valence-corrected chi connectivity index (χ2v) is 8.03. The van der Waals surface area contributed by atoms with Crippen molar-refractivity contribution in [2.75, 3.05) is 5.32 Å². The number of carbonyl (C=O) groups excluding carboxylic acids is 1. The van der Waals surface area contributed by atoms with Crippen molar-refractivity contribution in [3.05, 3.63) is 119 Å². The lowest BCUT2D eigenvalue weighted by atomic mass is 9.77. The summed E-state index contributed by atoms with van der Waals surface area (Å²) in [6, 6.07) is 29.5. The molecule has 0 amide bonds. The maximum Gasteiger partial charge on any atom is 0.340 e. The highest BCUT2D eigenvalue weighted by Gasteiger charge is 2.54. The van der Waals surface area contributed by atoms with Crippen LogP contribution in [0.25, 0.3) is 0 Å². The van der Waals surface area contributed by atoms with Crippen LogP contribution in [0.2, 0.25) is 0 Å². The van der Waals surface area contributed by atoms with Crippen LogP contribution >= 0.6 is 0 Å². The van der Waals surface area contributed by atoms with Crippen molar-refractivity contribution < 1.29 is 14.3 Å². The largest absolute Gasteiger partial charge is 0.456 e. The summed E-state index contributed by atoms with van der Waals surface area (Å²) in [5, 5.41) is 3.60. The zero-order valence-corrected chi connectivity index (χ0v) is 17.6. The number of anilines is 2. The van der Waals surface area contributed by atoms with E-state index in [-0.39, 0.29) is 5.97 Å². The fourth-order valence-electron chi connectivity index (χ4n) is 4.88. The van der Waals surface area contributed by atoms with Gasteiger partial charge in [-0.05, 0) is 42.3 Å². The maximum absolute atomic E-state index is 13.2. The number of hydrogen-bond acceptors (Lipinski definition) is 4. The zero-order chi connectivity index (χ0) is 21.7. The average molecular weight is 419 g/mol. The van der Waals surface area contributed by atoms with E-state index in [1.165, 1.54) is 5.56 Å². The van der Waals surface area contributed by atoms with Gasteiger partial charge < -0.3 is 14.8 Å². The number of hydrogen-bond donors (Lipinski definition) is 1. The molecular weight excluding hydrogens is 398 g/mol. The highest BCUT2D eigenvalue weighted by Crippen LogP contribution is 2.57. The van der Waals surface area contributed by atoms with Crippen molar-refractivity contribution in [3.63, 3.8) is 0 Å². The number of fused-ring (bicyclic) bond motifs is 6. The zero-order valence-electron chi connectivity index (χ0n) is 17.6. The lowest BCUT2D eigenvalue weighted by Crippen LogP contribution is -2.33. The third-order valence-electron chi connectivity index (χ3n) is 6.30. The highest BCUT2D eigenvalue weighted by molar-refractivity contribution is 5.99. The van der Waals surface area contributed by atoms with E-state index >= 15 is 0 Å². The Labute approximate surface area is 186 Å². The van der Waals surface area contributed by atoms with Crippen molar-refractivity contribution >= 4 is 17.3 Å². The number of rotatable bonds is 3. The molecule has 0 radical (unpaired) electrons. The van der Waals surface area contributed by atoms with Crippen LogP contribution in [0.5, 0.6) is 11.5 Å². The number of para-hydroxylation sites is 3. The van der Waals surface area contributed by atoms with Crippen LogP contribution in [-0.2, 0) is 16.8 Å². The molecule has 4 nitrogen and oxygen atoms in total. The SMILES string of the molecule is CCc1ccccc1Nc1cccc2c1C1(OC2=O)c2ccccc2Oc2ccccc21. The van der Waals surface area contributed by atoms with Gasteiger partial charge in [-0.1, -0.05) is 67.6 Å². The van der Waals surface area contributed by atoms with Gasteiger partial charge in [-0.2, -0.15) is 0 Å². The molecule has 0 saturated heterocycles. The molecule has 0 aliphatic carbocycles. The molecule has 0 bridgehead atoms. The van der Waals surface area contributed by atoms with E-state index in [2.05, 4.69) is 24.4 Å². The van der Waals surface area contributed by atoms with Gasteiger partial charge in [0.05, 0.1) is 5.56 Å². The number of benzene rings is 4. The van der Waals surface area contributed by atoms with E-state index in [1.807, 2.05) is 78.9 Å². The summed E-state index contributed by atoms with van der Waals surface area (Å²) in [6.45, 7) is 2.13. The molecule has 4 aromatic rings. The van der Waals surface area contributed by atoms with Gasteiger partial charge in [-0.3, -0.25) is 0 Å². The fourth-order valence-corrected chi connectivity index (χ4v) is 4.88. The molecule has 2 aliphatic heterocycles. The Kier molecular flexibility index (Phi) is 4.08.